The highest BCUT2D eigenvalue weighted by atomic mass is 19.1. The molecule has 3 rings (SSSR count). The van der Waals surface area contributed by atoms with E-state index in [0.717, 1.165) is 22.3 Å². The standard InChI is InChI=1S/C21H21FO4/c1-12-8-16-9-18(22)10-17(21(16)26-12)11-25-19-6-4-15(5-7-20(23)24)13(2)14(19)3/h4,6,9-10H,1,5,7-8,11H2,2-3H3,(H,23,24). The topological polar surface area (TPSA) is 55.8 Å². The van der Waals surface area contributed by atoms with E-state index in [1.165, 1.54) is 12.1 Å². The van der Waals surface area contributed by atoms with E-state index in [4.69, 9.17) is 14.6 Å². The van der Waals surface area contributed by atoms with Gasteiger partial charge in [-0.15, -0.1) is 0 Å². The van der Waals surface area contributed by atoms with Crippen molar-refractivity contribution in [2.75, 3.05) is 0 Å². The molecule has 0 atom stereocenters. The van der Waals surface area contributed by atoms with Gasteiger partial charge >= 0.3 is 5.97 Å². The molecule has 0 spiro atoms. The predicted molar refractivity (Wildman–Crippen MR) is 96.1 cm³/mol. The Morgan fingerprint density at radius 1 is 1.27 bits per heavy atom. The molecule has 1 heterocycles. The second kappa shape index (κ2) is 7.20. The zero-order valence-corrected chi connectivity index (χ0v) is 14.9. The monoisotopic (exact) mass is 356 g/mol. The molecule has 0 amide bonds. The number of halogens is 1. The molecule has 1 N–H and O–H groups in total. The normalized spacial score (nSPS) is 12.7. The van der Waals surface area contributed by atoms with E-state index in [1.54, 1.807) is 0 Å². The van der Waals surface area contributed by atoms with Crippen molar-refractivity contribution < 1.29 is 23.8 Å². The predicted octanol–water partition coefficient (Wildman–Crippen LogP) is 4.49. The third-order valence-corrected chi connectivity index (χ3v) is 4.68. The van der Waals surface area contributed by atoms with Crippen LogP contribution in [-0.2, 0) is 24.2 Å². The Balaban J connectivity index is 1.78. The van der Waals surface area contributed by atoms with Crippen LogP contribution in [0.25, 0.3) is 0 Å². The van der Waals surface area contributed by atoms with Gasteiger partial charge in [0.1, 0.15) is 29.7 Å². The maximum absolute atomic E-state index is 13.8. The van der Waals surface area contributed by atoms with Gasteiger partial charge in [0.2, 0.25) is 0 Å². The van der Waals surface area contributed by atoms with E-state index >= 15 is 0 Å². The molecule has 136 valence electrons. The van der Waals surface area contributed by atoms with Crippen LogP contribution in [0.15, 0.2) is 36.6 Å². The van der Waals surface area contributed by atoms with Crippen molar-refractivity contribution in [3.63, 3.8) is 0 Å². The van der Waals surface area contributed by atoms with Crippen LogP contribution < -0.4 is 9.47 Å². The maximum atomic E-state index is 13.8. The van der Waals surface area contributed by atoms with Crippen molar-refractivity contribution in [1.29, 1.82) is 0 Å². The summed E-state index contributed by atoms with van der Waals surface area (Å²) in [6.45, 7) is 7.86. The lowest BCUT2D eigenvalue weighted by Crippen LogP contribution is -2.03. The number of rotatable bonds is 6. The lowest BCUT2D eigenvalue weighted by atomic mass is 9.99. The zero-order valence-electron chi connectivity index (χ0n) is 14.9. The molecule has 0 bridgehead atoms. The second-order valence-corrected chi connectivity index (χ2v) is 6.53. The molecular formula is C21H21FO4. The van der Waals surface area contributed by atoms with Crippen LogP contribution in [0, 0.1) is 19.7 Å². The summed E-state index contributed by atoms with van der Waals surface area (Å²) in [5, 5.41) is 8.84. The summed E-state index contributed by atoms with van der Waals surface area (Å²) in [5.41, 5.74) is 4.38. The maximum Gasteiger partial charge on any atom is 0.303 e. The molecule has 0 saturated carbocycles. The van der Waals surface area contributed by atoms with Gasteiger partial charge in [0.25, 0.3) is 0 Å². The van der Waals surface area contributed by atoms with E-state index in [2.05, 4.69) is 6.58 Å². The van der Waals surface area contributed by atoms with Crippen molar-refractivity contribution in [2.24, 2.45) is 0 Å². The molecule has 0 aliphatic carbocycles. The first kappa shape index (κ1) is 18.0. The fourth-order valence-electron chi connectivity index (χ4n) is 3.15. The number of aryl methyl sites for hydroxylation is 1. The van der Waals surface area contributed by atoms with Gasteiger partial charge < -0.3 is 14.6 Å². The smallest absolute Gasteiger partial charge is 0.303 e. The first-order chi connectivity index (χ1) is 12.3. The van der Waals surface area contributed by atoms with Gasteiger partial charge in [-0.25, -0.2) is 4.39 Å². The molecule has 4 nitrogen and oxygen atoms in total. The molecule has 0 fully saturated rings. The third-order valence-electron chi connectivity index (χ3n) is 4.68. The highest BCUT2D eigenvalue weighted by molar-refractivity contribution is 5.67. The summed E-state index contributed by atoms with van der Waals surface area (Å²) in [7, 11) is 0. The summed E-state index contributed by atoms with van der Waals surface area (Å²) in [6.07, 6.45) is 1.09. The van der Waals surface area contributed by atoms with Gasteiger partial charge in [0, 0.05) is 24.0 Å². The lowest BCUT2D eigenvalue weighted by molar-refractivity contribution is -0.136. The number of aliphatic carboxylic acids is 1. The van der Waals surface area contributed by atoms with Crippen LogP contribution in [0.5, 0.6) is 11.5 Å². The van der Waals surface area contributed by atoms with E-state index in [0.29, 0.717) is 35.7 Å². The summed E-state index contributed by atoms with van der Waals surface area (Å²) < 4.78 is 25.4. The Morgan fingerprint density at radius 2 is 2.04 bits per heavy atom. The minimum Gasteiger partial charge on any atom is -0.488 e. The Hall–Kier alpha value is -2.82. The van der Waals surface area contributed by atoms with Gasteiger partial charge in [-0.2, -0.15) is 0 Å². The SMILES string of the molecule is C=C1Cc2cc(F)cc(COc3ccc(CCC(=O)O)c(C)c3C)c2O1. The molecule has 2 aromatic rings. The Bertz CT molecular complexity index is 886. The van der Waals surface area contributed by atoms with Crippen LogP contribution in [0.1, 0.15) is 34.2 Å². The summed E-state index contributed by atoms with van der Waals surface area (Å²) in [4.78, 5) is 10.8. The fraction of sp³-hybridized carbons (Fsp3) is 0.286. The van der Waals surface area contributed by atoms with Gasteiger partial charge in [0.15, 0.2) is 0 Å². The Labute approximate surface area is 151 Å². The molecule has 1 aliphatic heterocycles. The van der Waals surface area contributed by atoms with Crippen molar-refractivity contribution in [3.05, 3.63) is 70.2 Å². The van der Waals surface area contributed by atoms with Crippen molar-refractivity contribution >= 4 is 5.97 Å². The third kappa shape index (κ3) is 3.72. The quantitative estimate of drug-likeness (QED) is 0.829. The molecule has 2 aromatic carbocycles. The van der Waals surface area contributed by atoms with Crippen molar-refractivity contribution in [2.45, 2.75) is 39.7 Å². The molecule has 0 aromatic heterocycles. The van der Waals surface area contributed by atoms with Gasteiger partial charge in [0.05, 0.1) is 0 Å². The van der Waals surface area contributed by atoms with E-state index in [1.807, 2.05) is 26.0 Å². The van der Waals surface area contributed by atoms with Gasteiger partial charge in [-0.3, -0.25) is 4.79 Å². The van der Waals surface area contributed by atoms with E-state index in [-0.39, 0.29) is 18.8 Å². The zero-order chi connectivity index (χ0) is 18.8. The van der Waals surface area contributed by atoms with Crippen LogP contribution in [-0.4, -0.2) is 11.1 Å². The summed E-state index contributed by atoms with van der Waals surface area (Å²) in [5.74, 6) is 0.781. The van der Waals surface area contributed by atoms with Gasteiger partial charge in [-0.1, -0.05) is 12.6 Å². The first-order valence-electron chi connectivity index (χ1n) is 8.45. The molecule has 1 aliphatic rings. The highest BCUT2D eigenvalue weighted by Gasteiger charge is 2.21. The van der Waals surface area contributed by atoms with Crippen molar-refractivity contribution in [1.82, 2.24) is 0 Å². The molecule has 26 heavy (non-hydrogen) atoms. The van der Waals surface area contributed by atoms with E-state index in [9.17, 15) is 9.18 Å². The van der Waals surface area contributed by atoms with Crippen molar-refractivity contribution in [3.8, 4) is 11.5 Å². The largest absolute Gasteiger partial charge is 0.488 e. The van der Waals surface area contributed by atoms with Crippen LogP contribution >= 0.6 is 0 Å². The number of carbonyl (C=O) groups is 1. The average Bonchev–Trinajstić information content (AvgIpc) is 2.95. The lowest BCUT2D eigenvalue weighted by Gasteiger charge is -2.15. The van der Waals surface area contributed by atoms with Crippen LogP contribution in [0.4, 0.5) is 4.39 Å². The van der Waals surface area contributed by atoms with Crippen LogP contribution in [0.2, 0.25) is 0 Å². The van der Waals surface area contributed by atoms with Gasteiger partial charge in [-0.05, 0) is 55.2 Å². The number of fused-ring (bicyclic) bond motifs is 1. The average molecular weight is 356 g/mol. The first-order valence-corrected chi connectivity index (χ1v) is 8.45. The second-order valence-electron chi connectivity index (χ2n) is 6.53. The number of carboxylic acids is 1. The molecule has 5 heteroatoms. The number of ether oxygens (including phenoxy) is 2. The van der Waals surface area contributed by atoms with E-state index < -0.39 is 5.97 Å². The number of carboxylic acid groups (broad SMARTS) is 1. The van der Waals surface area contributed by atoms with Crippen LogP contribution in [0.3, 0.4) is 0 Å². The Morgan fingerprint density at radius 3 is 2.77 bits per heavy atom. The highest BCUT2D eigenvalue weighted by Crippen LogP contribution is 2.35. The molecule has 0 unspecified atom stereocenters. The number of hydrogen-bond donors (Lipinski definition) is 1. The summed E-state index contributed by atoms with van der Waals surface area (Å²) >= 11 is 0. The number of benzene rings is 2. The fourth-order valence-corrected chi connectivity index (χ4v) is 3.15. The molecule has 0 saturated heterocycles. The summed E-state index contributed by atoms with van der Waals surface area (Å²) in [6, 6.07) is 6.60. The number of hydrogen-bond acceptors (Lipinski definition) is 3. The Kier molecular flexibility index (Phi) is 4.98. The molecular weight excluding hydrogens is 335 g/mol. The molecule has 0 radical (unpaired) electrons. The number of allylic oxidation sites excluding steroid dienone is 1. The minimum absolute atomic E-state index is 0.0944. The minimum atomic E-state index is -0.816.